The monoisotopic (exact) mass is 337 g/mol. The third kappa shape index (κ3) is 4.32. The summed E-state index contributed by atoms with van der Waals surface area (Å²) in [5.74, 6) is 0.295. The van der Waals surface area contributed by atoms with Gasteiger partial charge in [0.25, 0.3) is 0 Å². The average molecular weight is 337 g/mol. The first-order valence-corrected chi connectivity index (χ1v) is 9.47. The van der Waals surface area contributed by atoms with E-state index in [0.717, 1.165) is 58.7 Å². The van der Waals surface area contributed by atoms with Crippen LogP contribution in [-0.4, -0.2) is 80.1 Å². The maximum atomic E-state index is 12.7. The maximum Gasteiger partial charge on any atom is 0.237 e. The van der Waals surface area contributed by atoms with Gasteiger partial charge in [-0.25, -0.2) is 0 Å². The number of thiophene rings is 1. The highest BCUT2D eigenvalue weighted by molar-refractivity contribution is 7.07. The van der Waals surface area contributed by atoms with Crippen LogP contribution in [0.15, 0.2) is 16.8 Å². The maximum absolute atomic E-state index is 12.7. The lowest BCUT2D eigenvalue weighted by Gasteiger charge is -2.35. The number of hydrogen-bond acceptors (Lipinski definition) is 5. The van der Waals surface area contributed by atoms with Crippen LogP contribution in [0.3, 0.4) is 0 Å². The molecule has 23 heavy (non-hydrogen) atoms. The van der Waals surface area contributed by atoms with Crippen molar-refractivity contribution in [2.24, 2.45) is 0 Å². The lowest BCUT2D eigenvalue weighted by atomic mass is 10.1. The van der Waals surface area contributed by atoms with Crippen LogP contribution in [0.4, 0.5) is 0 Å². The van der Waals surface area contributed by atoms with Gasteiger partial charge < -0.3 is 9.64 Å². The summed E-state index contributed by atoms with van der Waals surface area (Å²) in [5, 5.41) is 4.29. The largest absolute Gasteiger partial charge is 0.383 e. The molecule has 2 aliphatic heterocycles. The van der Waals surface area contributed by atoms with E-state index in [1.165, 1.54) is 5.56 Å². The fourth-order valence-electron chi connectivity index (χ4n) is 3.55. The summed E-state index contributed by atoms with van der Waals surface area (Å²) in [6.07, 6.45) is 2.23. The summed E-state index contributed by atoms with van der Waals surface area (Å²) >= 11 is 1.72. The van der Waals surface area contributed by atoms with E-state index in [0.29, 0.717) is 18.5 Å². The molecule has 0 aromatic carbocycles. The smallest absolute Gasteiger partial charge is 0.237 e. The first-order valence-electron chi connectivity index (χ1n) is 8.53. The molecule has 2 aliphatic rings. The van der Waals surface area contributed by atoms with E-state index in [1.54, 1.807) is 18.4 Å². The number of rotatable bonds is 6. The molecule has 1 unspecified atom stereocenters. The van der Waals surface area contributed by atoms with Gasteiger partial charge in [-0.05, 0) is 35.2 Å². The number of piperazine rings is 1. The van der Waals surface area contributed by atoms with Crippen LogP contribution in [0, 0.1) is 0 Å². The zero-order valence-corrected chi connectivity index (χ0v) is 14.8. The Morgan fingerprint density at radius 1 is 1.26 bits per heavy atom. The second-order valence-electron chi connectivity index (χ2n) is 6.41. The molecule has 0 N–H and O–H groups in total. The van der Waals surface area contributed by atoms with Gasteiger partial charge in [-0.3, -0.25) is 14.6 Å². The second-order valence-corrected chi connectivity index (χ2v) is 7.19. The van der Waals surface area contributed by atoms with Crippen LogP contribution < -0.4 is 0 Å². The van der Waals surface area contributed by atoms with Crippen LogP contribution in [0.2, 0.25) is 0 Å². The minimum Gasteiger partial charge on any atom is -0.383 e. The highest BCUT2D eigenvalue weighted by atomic mass is 32.1. The zero-order valence-electron chi connectivity index (χ0n) is 13.9. The molecule has 3 rings (SSSR count). The van der Waals surface area contributed by atoms with E-state index in [1.807, 2.05) is 0 Å². The molecule has 3 heterocycles. The first-order chi connectivity index (χ1) is 11.3. The predicted molar refractivity (Wildman–Crippen MR) is 92.8 cm³/mol. The van der Waals surface area contributed by atoms with E-state index in [9.17, 15) is 4.79 Å². The van der Waals surface area contributed by atoms with Crippen LogP contribution in [0.1, 0.15) is 24.4 Å². The Morgan fingerprint density at radius 3 is 2.74 bits per heavy atom. The molecule has 0 spiro atoms. The van der Waals surface area contributed by atoms with E-state index in [2.05, 4.69) is 31.5 Å². The van der Waals surface area contributed by atoms with Gasteiger partial charge >= 0.3 is 0 Å². The van der Waals surface area contributed by atoms with E-state index >= 15 is 0 Å². The Labute approximate surface area is 142 Å². The van der Waals surface area contributed by atoms with Gasteiger partial charge in [0.15, 0.2) is 0 Å². The van der Waals surface area contributed by atoms with Crippen LogP contribution in [0.25, 0.3) is 0 Å². The Morgan fingerprint density at radius 2 is 2.04 bits per heavy atom. The number of likely N-dealkylation sites (tertiary alicyclic amines) is 1. The third-order valence-corrected chi connectivity index (χ3v) is 5.64. The second kappa shape index (κ2) is 8.24. The fraction of sp³-hybridized carbons (Fsp3) is 0.706. The molecular weight excluding hydrogens is 310 g/mol. The molecule has 1 atom stereocenters. The number of carbonyl (C=O) groups is 1. The number of amides is 1. The summed E-state index contributed by atoms with van der Waals surface area (Å²) in [6.45, 7) is 7.28. The minimum atomic E-state index is 0.295. The van der Waals surface area contributed by atoms with Gasteiger partial charge in [0.05, 0.1) is 19.2 Å². The SMILES string of the molecule is COCCN1CCN(CC(=O)N2CCCC2c2ccsc2)CC1. The van der Waals surface area contributed by atoms with Crippen molar-refractivity contribution in [1.29, 1.82) is 0 Å². The molecule has 2 fully saturated rings. The standard InChI is InChI=1S/C17H27N3O2S/c1-22-11-10-18-6-8-19(9-7-18)13-17(21)20-5-2-3-16(20)15-4-12-23-14-15/h4,12,14,16H,2-3,5-11,13H2,1H3. The molecule has 6 heteroatoms. The molecule has 0 bridgehead atoms. The summed E-state index contributed by atoms with van der Waals surface area (Å²) in [5.41, 5.74) is 1.31. The number of nitrogens with zero attached hydrogens (tertiary/aromatic N) is 3. The van der Waals surface area contributed by atoms with E-state index < -0.39 is 0 Å². The Kier molecular flexibility index (Phi) is 6.05. The van der Waals surface area contributed by atoms with Crippen molar-refractivity contribution in [3.8, 4) is 0 Å². The highest BCUT2D eigenvalue weighted by Gasteiger charge is 2.31. The first kappa shape index (κ1) is 16.9. The molecule has 0 radical (unpaired) electrons. The molecule has 2 saturated heterocycles. The number of ether oxygens (including phenoxy) is 1. The zero-order chi connectivity index (χ0) is 16.1. The topological polar surface area (TPSA) is 36.0 Å². The van der Waals surface area contributed by atoms with Crippen LogP contribution >= 0.6 is 11.3 Å². The molecule has 0 aliphatic carbocycles. The van der Waals surface area contributed by atoms with Crippen molar-refractivity contribution in [1.82, 2.24) is 14.7 Å². The lowest BCUT2D eigenvalue weighted by Crippen LogP contribution is -2.50. The highest BCUT2D eigenvalue weighted by Crippen LogP contribution is 2.33. The van der Waals surface area contributed by atoms with E-state index in [4.69, 9.17) is 4.74 Å². The minimum absolute atomic E-state index is 0.295. The molecule has 1 aromatic rings. The van der Waals surface area contributed by atoms with Gasteiger partial charge in [-0.2, -0.15) is 11.3 Å². The molecule has 128 valence electrons. The van der Waals surface area contributed by atoms with Crippen LogP contribution in [0.5, 0.6) is 0 Å². The summed E-state index contributed by atoms with van der Waals surface area (Å²) < 4.78 is 5.14. The average Bonchev–Trinajstić information content (AvgIpc) is 3.24. The predicted octanol–water partition coefficient (Wildman–Crippen LogP) is 1.68. The van der Waals surface area contributed by atoms with Gasteiger partial charge in [-0.1, -0.05) is 0 Å². The Hall–Kier alpha value is -0.950. The fourth-order valence-corrected chi connectivity index (χ4v) is 4.26. The number of hydrogen-bond donors (Lipinski definition) is 0. The molecule has 0 saturated carbocycles. The summed E-state index contributed by atoms with van der Waals surface area (Å²) in [7, 11) is 1.74. The van der Waals surface area contributed by atoms with Crippen molar-refractivity contribution < 1.29 is 9.53 Å². The quantitative estimate of drug-likeness (QED) is 0.791. The van der Waals surface area contributed by atoms with Crippen molar-refractivity contribution in [3.63, 3.8) is 0 Å². The normalized spacial score (nSPS) is 23.5. The molecular formula is C17H27N3O2S. The Bertz CT molecular complexity index is 486. The number of methoxy groups -OCH3 is 1. The van der Waals surface area contributed by atoms with Gasteiger partial charge in [0.1, 0.15) is 0 Å². The number of carbonyl (C=O) groups excluding carboxylic acids is 1. The van der Waals surface area contributed by atoms with Crippen molar-refractivity contribution in [2.45, 2.75) is 18.9 Å². The molecule has 1 aromatic heterocycles. The van der Waals surface area contributed by atoms with Crippen LogP contribution in [-0.2, 0) is 9.53 Å². The molecule has 5 nitrogen and oxygen atoms in total. The van der Waals surface area contributed by atoms with Gasteiger partial charge in [0, 0.05) is 46.4 Å². The van der Waals surface area contributed by atoms with Crippen molar-refractivity contribution in [2.75, 3.05) is 59.5 Å². The lowest BCUT2D eigenvalue weighted by molar-refractivity contribution is -0.133. The summed E-state index contributed by atoms with van der Waals surface area (Å²) in [6, 6.07) is 2.46. The third-order valence-electron chi connectivity index (χ3n) is 4.94. The Balaban J connectivity index is 1.48. The van der Waals surface area contributed by atoms with E-state index in [-0.39, 0.29) is 0 Å². The summed E-state index contributed by atoms with van der Waals surface area (Å²) in [4.78, 5) is 19.5. The van der Waals surface area contributed by atoms with Crippen molar-refractivity contribution in [3.05, 3.63) is 22.4 Å². The van der Waals surface area contributed by atoms with Crippen molar-refractivity contribution >= 4 is 17.2 Å². The van der Waals surface area contributed by atoms with Gasteiger partial charge in [-0.15, -0.1) is 0 Å². The molecule has 1 amide bonds. The van der Waals surface area contributed by atoms with Gasteiger partial charge in [0.2, 0.25) is 5.91 Å².